The number of piperidine rings is 2. The van der Waals surface area contributed by atoms with Crippen LogP contribution in [0.3, 0.4) is 0 Å². The Morgan fingerprint density at radius 1 is 1.19 bits per heavy atom. The average molecular weight is 519 g/mol. The predicted molar refractivity (Wildman–Crippen MR) is 145 cm³/mol. The molecular formula is C28H43ClN4O3. The largest absolute Gasteiger partial charge is 0.374 e. The number of benzene rings is 1. The zero-order valence-corrected chi connectivity index (χ0v) is 23.7. The molecule has 0 radical (unpaired) electrons. The van der Waals surface area contributed by atoms with Crippen LogP contribution in [0.25, 0.3) is 0 Å². The average Bonchev–Trinajstić information content (AvgIpc) is 2.78. The van der Waals surface area contributed by atoms with Gasteiger partial charge < -0.3 is 20.4 Å². The van der Waals surface area contributed by atoms with Crippen molar-refractivity contribution in [3.8, 4) is 0 Å². The van der Waals surface area contributed by atoms with Gasteiger partial charge >= 0.3 is 0 Å². The quantitative estimate of drug-likeness (QED) is 0.589. The molecule has 0 spiro atoms. The molecule has 3 atom stereocenters. The van der Waals surface area contributed by atoms with Crippen LogP contribution >= 0.6 is 11.6 Å². The molecule has 0 saturated carbocycles. The van der Waals surface area contributed by atoms with Gasteiger partial charge in [0.1, 0.15) is 0 Å². The molecule has 0 bridgehead atoms. The van der Waals surface area contributed by atoms with Crippen LogP contribution in [-0.4, -0.2) is 61.9 Å². The van der Waals surface area contributed by atoms with Crippen LogP contribution in [0.4, 0.5) is 5.69 Å². The summed E-state index contributed by atoms with van der Waals surface area (Å²) in [6, 6.07) is 3.77. The van der Waals surface area contributed by atoms with Gasteiger partial charge in [0.25, 0.3) is 5.91 Å². The zero-order valence-electron chi connectivity index (χ0n) is 22.9. The number of anilines is 1. The van der Waals surface area contributed by atoms with Crippen molar-refractivity contribution >= 4 is 35.0 Å². The summed E-state index contributed by atoms with van der Waals surface area (Å²) in [5.41, 5.74) is 1.98. The number of carbonyl (C=O) groups is 3. The summed E-state index contributed by atoms with van der Waals surface area (Å²) in [7, 11) is 2.03. The van der Waals surface area contributed by atoms with Crippen LogP contribution in [0.1, 0.15) is 69.8 Å². The van der Waals surface area contributed by atoms with Crippen LogP contribution in [0.15, 0.2) is 12.1 Å². The van der Waals surface area contributed by atoms with E-state index in [9.17, 15) is 14.4 Å². The minimum atomic E-state index is -0.351. The molecule has 2 heterocycles. The van der Waals surface area contributed by atoms with Gasteiger partial charge in [-0.25, -0.2) is 0 Å². The first kappa shape index (κ1) is 28.3. The number of hydrogen-bond donors (Lipinski definition) is 2. The highest BCUT2D eigenvalue weighted by Gasteiger charge is 2.33. The van der Waals surface area contributed by atoms with Crippen LogP contribution in [0.5, 0.6) is 0 Å². The standard InChI is InChI=1S/C28H43ClN4O3/c1-17-12-18(2)31-26(35)23(17)15-30-25(34)22-13-21(29)14-24(19(22)3)32(7)16-20-8-10-33(11-9-20)27(36)28(4,5)6/h13-14,17-18,20,23H,8-12,15-16H2,1-7H3,(H,30,34)(H,31,35). The molecule has 36 heavy (non-hydrogen) atoms. The van der Waals surface area contributed by atoms with Crippen molar-refractivity contribution in [2.45, 2.75) is 66.8 Å². The maximum Gasteiger partial charge on any atom is 0.251 e. The highest BCUT2D eigenvalue weighted by atomic mass is 35.5. The van der Waals surface area contributed by atoms with E-state index in [-0.39, 0.29) is 41.0 Å². The molecule has 7 nitrogen and oxygen atoms in total. The van der Waals surface area contributed by atoms with E-state index in [0.29, 0.717) is 23.0 Å². The van der Waals surface area contributed by atoms with E-state index in [1.54, 1.807) is 6.07 Å². The van der Waals surface area contributed by atoms with Gasteiger partial charge in [-0.15, -0.1) is 0 Å². The molecule has 0 aromatic heterocycles. The summed E-state index contributed by atoms with van der Waals surface area (Å²) < 4.78 is 0. The lowest BCUT2D eigenvalue weighted by Crippen LogP contribution is -2.50. The summed E-state index contributed by atoms with van der Waals surface area (Å²) >= 11 is 6.45. The van der Waals surface area contributed by atoms with Gasteiger partial charge in [-0.3, -0.25) is 14.4 Å². The summed E-state index contributed by atoms with van der Waals surface area (Å²) in [5, 5.41) is 6.47. The predicted octanol–water partition coefficient (Wildman–Crippen LogP) is 4.26. The van der Waals surface area contributed by atoms with Gasteiger partial charge in [0.15, 0.2) is 0 Å². The number of hydrogen-bond acceptors (Lipinski definition) is 4. The monoisotopic (exact) mass is 518 g/mol. The third kappa shape index (κ3) is 6.72. The molecule has 3 rings (SSSR count). The van der Waals surface area contributed by atoms with Crippen molar-refractivity contribution in [3.63, 3.8) is 0 Å². The van der Waals surface area contributed by atoms with Crippen molar-refractivity contribution in [3.05, 3.63) is 28.3 Å². The Morgan fingerprint density at radius 2 is 1.83 bits per heavy atom. The minimum Gasteiger partial charge on any atom is -0.374 e. The zero-order chi connectivity index (χ0) is 26.8. The van der Waals surface area contributed by atoms with Crippen molar-refractivity contribution in [2.24, 2.45) is 23.2 Å². The fourth-order valence-electron chi connectivity index (χ4n) is 5.56. The maximum atomic E-state index is 13.1. The van der Waals surface area contributed by atoms with Crippen molar-refractivity contribution in [2.75, 3.05) is 38.1 Å². The molecule has 2 saturated heterocycles. The van der Waals surface area contributed by atoms with E-state index in [0.717, 1.165) is 50.1 Å². The minimum absolute atomic E-state index is 0.0000333. The van der Waals surface area contributed by atoms with Crippen molar-refractivity contribution in [1.82, 2.24) is 15.5 Å². The van der Waals surface area contributed by atoms with Gasteiger partial charge in [0.2, 0.25) is 11.8 Å². The van der Waals surface area contributed by atoms with Crippen LogP contribution < -0.4 is 15.5 Å². The third-order valence-electron chi connectivity index (χ3n) is 7.70. The lowest BCUT2D eigenvalue weighted by Gasteiger charge is -2.37. The fourth-order valence-corrected chi connectivity index (χ4v) is 5.77. The molecule has 200 valence electrons. The third-order valence-corrected chi connectivity index (χ3v) is 7.91. The second-order valence-electron chi connectivity index (χ2n) is 11.9. The van der Waals surface area contributed by atoms with E-state index in [2.05, 4.69) is 22.5 Å². The summed E-state index contributed by atoms with van der Waals surface area (Å²) in [4.78, 5) is 42.3. The van der Waals surface area contributed by atoms with Gasteiger partial charge in [-0.1, -0.05) is 39.3 Å². The molecular weight excluding hydrogens is 476 g/mol. The lowest BCUT2D eigenvalue weighted by atomic mass is 9.84. The number of likely N-dealkylation sites (tertiary alicyclic amines) is 1. The van der Waals surface area contributed by atoms with Gasteiger partial charge in [-0.2, -0.15) is 0 Å². The Balaban J connectivity index is 1.63. The van der Waals surface area contributed by atoms with Gasteiger partial charge in [0.05, 0.1) is 5.92 Å². The lowest BCUT2D eigenvalue weighted by molar-refractivity contribution is -0.140. The van der Waals surface area contributed by atoms with Gasteiger partial charge in [-0.05, 0) is 62.6 Å². The number of nitrogens with one attached hydrogen (secondary N) is 2. The van der Waals surface area contributed by atoms with Crippen LogP contribution in [-0.2, 0) is 9.59 Å². The highest BCUT2D eigenvalue weighted by Crippen LogP contribution is 2.30. The molecule has 1 aromatic rings. The Kier molecular flexibility index (Phi) is 8.97. The summed E-state index contributed by atoms with van der Waals surface area (Å²) in [5.74, 6) is 0.440. The first-order chi connectivity index (χ1) is 16.8. The maximum absolute atomic E-state index is 13.1. The molecule has 8 heteroatoms. The number of halogens is 1. The van der Waals surface area contributed by atoms with Crippen LogP contribution in [0, 0.1) is 30.1 Å². The number of nitrogens with zero attached hydrogens (tertiary/aromatic N) is 2. The van der Waals surface area contributed by atoms with E-state index >= 15 is 0 Å². The van der Waals surface area contributed by atoms with Crippen molar-refractivity contribution < 1.29 is 14.4 Å². The first-order valence-corrected chi connectivity index (χ1v) is 13.5. The normalized spacial score (nSPS) is 23.3. The fraction of sp³-hybridized carbons (Fsp3) is 0.679. The Hall–Kier alpha value is -2.28. The number of carbonyl (C=O) groups excluding carboxylic acids is 3. The van der Waals surface area contributed by atoms with E-state index in [1.165, 1.54) is 0 Å². The Labute approximate surface area is 221 Å². The molecule has 2 N–H and O–H groups in total. The SMILES string of the molecule is Cc1c(C(=O)NCC2C(=O)NC(C)CC2C)cc(Cl)cc1N(C)CC1CCN(C(=O)C(C)(C)C)CC1. The summed E-state index contributed by atoms with van der Waals surface area (Å²) in [6.45, 7) is 14.6. The molecule has 0 aliphatic carbocycles. The van der Waals surface area contributed by atoms with Crippen molar-refractivity contribution in [1.29, 1.82) is 0 Å². The van der Waals surface area contributed by atoms with E-state index in [1.807, 2.05) is 52.6 Å². The van der Waals surface area contributed by atoms with E-state index < -0.39 is 0 Å². The highest BCUT2D eigenvalue weighted by molar-refractivity contribution is 6.31. The van der Waals surface area contributed by atoms with Gasteiger partial charge in [0, 0.05) is 61.0 Å². The topological polar surface area (TPSA) is 81.8 Å². The molecule has 2 aliphatic rings. The van der Waals surface area contributed by atoms with Crippen LogP contribution in [0.2, 0.25) is 5.02 Å². The second kappa shape index (κ2) is 11.4. The summed E-state index contributed by atoms with van der Waals surface area (Å²) in [6.07, 6.45) is 2.82. The second-order valence-corrected chi connectivity index (χ2v) is 12.3. The molecule has 3 unspecified atom stereocenters. The molecule has 2 aliphatic heterocycles. The Bertz CT molecular complexity index is 982. The van der Waals surface area contributed by atoms with E-state index in [4.69, 9.17) is 11.6 Å². The molecule has 2 fully saturated rings. The number of rotatable bonds is 6. The smallest absolute Gasteiger partial charge is 0.251 e. The molecule has 1 aromatic carbocycles. The first-order valence-electron chi connectivity index (χ1n) is 13.2. The molecule has 3 amide bonds. The Morgan fingerprint density at radius 3 is 2.42 bits per heavy atom. The number of amides is 3.